The number of rotatable bonds is 5. The number of hydrogen-bond acceptors (Lipinski definition) is 6. The van der Waals surface area contributed by atoms with Crippen molar-refractivity contribution in [2.45, 2.75) is 33.5 Å². The number of nitrogens with two attached hydrogens (primary N) is 1. The first-order valence-electron chi connectivity index (χ1n) is 6.26. The standard InChI is InChI=1S/C12H18N6O2/c1-8-11(9(2)20-15-8)6-17(3)12(19)7-18-5-10(4-13)14-16-18/h5H,4,6-7,13H2,1-3H3. The molecule has 20 heavy (non-hydrogen) atoms. The molecule has 2 aromatic rings. The molecular weight excluding hydrogens is 260 g/mol. The minimum atomic E-state index is -0.0709. The smallest absolute Gasteiger partial charge is 0.244 e. The van der Waals surface area contributed by atoms with Crippen molar-refractivity contribution in [1.29, 1.82) is 0 Å². The lowest BCUT2D eigenvalue weighted by atomic mass is 10.2. The SMILES string of the molecule is Cc1noc(C)c1CN(C)C(=O)Cn1cc(CN)nn1. The van der Waals surface area contributed by atoms with Crippen LogP contribution in [0.5, 0.6) is 0 Å². The molecule has 0 unspecified atom stereocenters. The third-order valence-electron chi connectivity index (χ3n) is 3.09. The van der Waals surface area contributed by atoms with Gasteiger partial charge in [-0.25, -0.2) is 4.68 Å². The number of aryl methyl sites for hydroxylation is 2. The van der Waals surface area contributed by atoms with Crippen molar-refractivity contribution >= 4 is 5.91 Å². The van der Waals surface area contributed by atoms with E-state index in [0.29, 0.717) is 18.8 Å². The fourth-order valence-corrected chi connectivity index (χ4v) is 1.82. The lowest BCUT2D eigenvalue weighted by Crippen LogP contribution is -2.30. The maximum absolute atomic E-state index is 12.1. The summed E-state index contributed by atoms with van der Waals surface area (Å²) in [5.41, 5.74) is 7.84. The molecule has 0 radical (unpaired) electrons. The highest BCUT2D eigenvalue weighted by Gasteiger charge is 2.16. The van der Waals surface area contributed by atoms with E-state index >= 15 is 0 Å². The molecule has 1 amide bonds. The van der Waals surface area contributed by atoms with Crippen LogP contribution in [0.25, 0.3) is 0 Å². The molecular formula is C12H18N6O2. The molecule has 0 aromatic carbocycles. The van der Waals surface area contributed by atoms with Gasteiger partial charge in [0.1, 0.15) is 12.3 Å². The van der Waals surface area contributed by atoms with Crippen LogP contribution in [0.3, 0.4) is 0 Å². The van der Waals surface area contributed by atoms with E-state index < -0.39 is 0 Å². The lowest BCUT2D eigenvalue weighted by Gasteiger charge is -2.16. The van der Waals surface area contributed by atoms with E-state index in [1.807, 2.05) is 13.8 Å². The number of hydrogen-bond donors (Lipinski definition) is 1. The average molecular weight is 278 g/mol. The number of aromatic nitrogens is 4. The Labute approximate surface area is 116 Å². The fourth-order valence-electron chi connectivity index (χ4n) is 1.82. The molecule has 0 atom stereocenters. The van der Waals surface area contributed by atoms with Gasteiger partial charge < -0.3 is 15.2 Å². The highest BCUT2D eigenvalue weighted by molar-refractivity contribution is 5.75. The van der Waals surface area contributed by atoms with Crippen LogP contribution in [0, 0.1) is 13.8 Å². The van der Waals surface area contributed by atoms with Crippen LogP contribution in [0.2, 0.25) is 0 Å². The van der Waals surface area contributed by atoms with Gasteiger partial charge in [0, 0.05) is 19.2 Å². The van der Waals surface area contributed by atoms with Gasteiger partial charge in [0.05, 0.1) is 24.1 Å². The molecule has 108 valence electrons. The van der Waals surface area contributed by atoms with E-state index in [1.54, 1.807) is 18.1 Å². The zero-order valence-electron chi connectivity index (χ0n) is 11.8. The molecule has 0 saturated carbocycles. The molecule has 0 saturated heterocycles. The summed E-state index contributed by atoms with van der Waals surface area (Å²) in [5.74, 6) is 0.659. The van der Waals surface area contributed by atoms with Crippen molar-refractivity contribution in [2.24, 2.45) is 5.73 Å². The third-order valence-corrected chi connectivity index (χ3v) is 3.09. The van der Waals surface area contributed by atoms with Crippen LogP contribution in [-0.4, -0.2) is 38.0 Å². The van der Waals surface area contributed by atoms with Crippen LogP contribution in [-0.2, 0) is 24.4 Å². The molecule has 0 bridgehead atoms. The molecule has 8 heteroatoms. The van der Waals surface area contributed by atoms with Gasteiger partial charge in [-0.2, -0.15) is 0 Å². The highest BCUT2D eigenvalue weighted by Crippen LogP contribution is 2.14. The van der Waals surface area contributed by atoms with Crippen molar-refractivity contribution in [3.05, 3.63) is 28.9 Å². The Morgan fingerprint density at radius 3 is 2.80 bits per heavy atom. The summed E-state index contributed by atoms with van der Waals surface area (Å²) in [6.45, 7) is 4.59. The molecule has 2 N–H and O–H groups in total. The topological polar surface area (TPSA) is 103 Å². The molecule has 8 nitrogen and oxygen atoms in total. The van der Waals surface area contributed by atoms with Gasteiger partial charge in [-0.1, -0.05) is 10.4 Å². The summed E-state index contributed by atoms with van der Waals surface area (Å²) in [7, 11) is 1.73. The summed E-state index contributed by atoms with van der Waals surface area (Å²) >= 11 is 0. The van der Waals surface area contributed by atoms with E-state index in [0.717, 1.165) is 17.0 Å². The van der Waals surface area contributed by atoms with E-state index in [-0.39, 0.29) is 12.5 Å². The van der Waals surface area contributed by atoms with Crippen molar-refractivity contribution in [2.75, 3.05) is 7.05 Å². The van der Waals surface area contributed by atoms with Crippen molar-refractivity contribution in [1.82, 2.24) is 25.1 Å². The van der Waals surface area contributed by atoms with E-state index in [4.69, 9.17) is 10.3 Å². The van der Waals surface area contributed by atoms with Gasteiger partial charge >= 0.3 is 0 Å². The van der Waals surface area contributed by atoms with E-state index in [2.05, 4.69) is 15.5 Å². The Kier molecular flexibility index (Phi) is 4.14. The summed E-state index contributed by atoms with van der Waals surface area (Å²) in [4.78, 5) is 13.7. The first-order chi connectivity index (χ1) is 9.51. The zero-order chi connectivity index (χ0) is 14.7. The molecule has 2 rings (SSSR count). The fraction of sp³-hybridized carbons (Fsp3) is 0.500. The van der Waals surface area contributed by atoms with E-state index in [9.17, 15) is 4.79 Å². The van der Waals surface area contributed by atoms with Gasteiger partial charge in [-0.05, 0) is 13.8 Å². The van der Waals surface area contributed by atoms with Crippen molar-refractivity contribution in [3.8, 4) is 0 Å². The second-order valence-electron chi connectivity index (χ2n) is 4.66. The Morgan fingerprint density at radius 2 is 2.25 bits per heavy atom. The first kappa shape index (κ1) is 14.2. The van der Waals surface area contributed by atoms with Crippen LogP contribution < -0.4 is 5.73 Å². The minimum absolute atomic E-state index is 0.0709. The Balaban J connectivity index is 1.98. The van der Waals surface area contributed by atoms with Crippen LogP contribution >= 0.6 is 0 Å². The van der Waals surface area contributed by atoms with Gasteiger partial charge in [0.2, 0.25) is 5.91 Å². The second-order valence-corrected chi connectivity index (χ2v) is 4.66. The molecule has 0 spiro atoms. The average Bonchev–Trinajstić information content (AvgIpc) is 3.00. The van der Waals surface area contributed by atoms with Crippen LogP contribution in [0.1, 0.15) is 22.7 Å². The third kappa shape index (κ3) is 3.02. The predicted molar refractivity (Wildman–Crippen MR) is 70.4 cm³/mol. The minimum Gasteiger partial charge on any atom is -0.361 e. The van der Waals surface area contributed by atoms with Crippen LogP contribution in [0.4, 0.5) is 0 Å². The van der Waals surface area contributed by atoms with Gasteiger partial charge in [-0.15, -0.1) is 5.10 Å². The number of likely N-dealkylation sites (N-methyl/N-ethyl adjacent to an activating group) is 1. The summed E-state index contributed by atoms with van der Waals surface area (Å²) in [5, 5.41) is 11.6. The largest absolute Gasteiger partial charge is 0.361 e. The number of carbonyl (C=O) groups is 1. The normalized spacial score (nSPS) is 10.8. The molecule has 2 heterocycles. The molecule has 2 aromatic heterocycles. The summed E-state index contributed by atoms with van der Waals surface area (Å²) in [6, 6.07) is 0. The highest BCUT2D eigenvalue weighted by atomic mass is 16.5. The Hall–Kier alpha value is -2.22. The van der Waals surface area contributed by atoms with E-state index in [1.165, 1.54) is 4.68 Å². The van der Waals surface area contributed by atoms with Crippen LogP contribution in [0.15, 0.2) is 10.7 Å². The van der Waals surface area contributed by atoms with Crippen molar-refractivity contribution in [3.63, 3.8) is 0 Å². The first-order valence-corrected chi connectivity index (χ1v) is 6.26. The predicted octanol–water partition coefficient (Wildman–Crippen LogP) is 0.000240. The number of carbonyl (C=O) groups excluding carboxylic acids is 1. The van der Waals surface area contributed by atoms with Gasteiger partial charge in [-0.3, -0.25) is 4.79 Å². The van der Waals surface area contributed by atoms with Gasteiger partial charge in [0.25, 0.3) is 0 Å². The maximum Gasteiger partial charge on any atom is 0.244 e. The Bertz CT molecular complexity index is 583. The zero-order valence-corrected chi connectivity index (χ0v) is 11.8. The Morgan fingerprint density at radius 1 is 1.50 bits per heavy atom. The molecule has 0 aliphatic heterocycles. The number of nitrogens with zero attached hydrogens (tertiary/aromatic N) is 5. The maximum atomic E-state index is 12.1. The number of amides is 1. The molecule has 0 aliphatic carbocycles. The quantitative estimate of drug-likeness (QED) is 0.825. The lowest BCUT2D eigenvalue weighted by molar-refractivity contribution is -0.131. The molecule has 0 aliphatic rings. The van der Waals surface area contributed by atoms with Crippen molar-refractivity contribution < 1.29 is 9.32 Å². The monoisotopic (exact) mass is 278 g/mol. The second kappa shape index (κ2) is 5.83. The van der Waals surface area contributed by atoms with Gasteiger partial charge in [0.15, 0.2) is 0 Å². The molecule has 0 fully saturated rings. The summed E-state index contributed by atoms with van der Waals surface area (Å²) in [6.07, 6.45) is 1.67. The summed E-state index contributed by atoms with van der Waals surface area (Å²) < 4.78 is 6.56.